The molecule has 0 saturated heterocycles. The largest absolute Gasteiger partial charge is 0.0613 e. The molecule has 106 valence electrons. The van der Waals surface area contributed by atoms with E-state index in [1.54, 1.807) is 0 Å². The quantitative estimate of drug-likeness (QED) is 0.699. The molecular weight excluding hydrogens is 240 g/mol. The van der Waals surface area contributed by atoms with Gasteiger partial charge in [0.25, 0.3) is 0 Å². The fourth-order valence-corrected chi connectivity index (χ4v) is 2.95. The molecule has 0 aliphatic heterocycles. The third-order valence-corrected chi connectivity index (χ3v) is 4.61. The molecule has 0 N–H and O–H groups in total. The summed E-state index contributed by atoms with van der Waals surface area (Å²) >= 11 is 0. The van der Waals surface area contributed by atoms with E-state index in [-0.39, 0.29) is 0 Å². The van der Waals surface area contributed by atoms with Crippen LogP contribution in [0.1, 0.15) is 51.4 Å². The van der Waals surface area contributed by atoms with Gasteiger partial charge in [-0.3, -0.25) is 0 Å². The summed E-state index contributed by atoms with van der Waals surface area (Å²) in [6.45, 7) is 13.3. The van der Waals surface area contributed by atoms with Crippen molar-refractivity contribution in [2.24, 2.45) is 0 Å². The maximum Gasteiger partial charge on any atom is -0.00254 e. The van der Waals surface area contributed by atoms with Crippen LogP contribution in [-0.2, 0) is 12.8 Å². The van der Waals surface area contributed by atoms with Gasteiger partial charge in [-0.1, -0.05) is 31.2 Å². The minimum absolute atomic E-state index is 1.04. The van der Waals surface area contributed by atoms with Crippen LogP contribution in [-0.4, -0.2) is 0 Å². The van der Waals surface area contributed by atoms with Crippen LogP contribution in [0.4, 0.5) is 0 Å². The third kappa shape index (κ3) is 2.95. The summed E-state index contributed by atoms with van der Waals surface area (Å²) in [6, 6.07) is 9.40. The minimum atomic E-state index is 1.04. The van der Waals surface area contributed by atoms with Crippen molar-refractivity contribution in [2.75, 3.05) is 0 Å². The Hall–Kier alpha value is -1.56. The van der Waals surface area contributed by atoms with Gasteiger partial charge in [0, 0.05) is 0 Å². The number of hydrogen-bond donors (Lipinski definition) is 0. The van der Waals surface area contributed by atoms with Gasteiger partial charge in [-0.25, -0.2) is 0 Å². The highest BCUT2D eigenvalue weighted by atomic mass is 14.1. The van der Waals surface area contributed by atoms with E-state index < -0.39 is 0 Å². The van der Waals surface area contributed by atoms with Gasteiger partial charge in [0.15, 0.2) is 0 Å². The summed E-state index contributed by atoms with van der Waals surface area (Å²) in [5, 5.41) is 0. The Labute approximate surface area is 123 Å². The average molecular weight is 266 g/mol. The Morgan fingerprint density at radius 3 is 1.60 bits per heavy atom. The highest BCUT2D eigenvalue weighted by Crippen LogP contribution is 2.22. The first-order valence-electron chi connectivity index (χ1n) is 7.58. The molecule has 0 nitrogen and oxygen atoms in total. The van der Waals surface area contributed by atoms with Crippen molar-refractivity contribution in [3.63, 3.8) is 0 Å². The molecule has 0 atom stereocenters. The molecule has 20 heavy (non-hydrogen) atoms. The zero-order chi connectivity index (χ0) is 14.9. The molecule has 0 saturated carbocycles. The zero-order valence-corrected chi connectivity index (χ0v) is 13.7. The Bertz CT molecular complexity index is 610. The normalized spacial score (nSPS) is 10.9. The van der Waals surface area contributed by atoms with Crippen molar-refractivity contribution >= 4 is 0 Å². The molecule has 0 unspecified atom stereocenters. The fraction of sp³-hybridized carbons (Fsp3) is 0.400. The van der Waals surface area contributed by atoms with Gasteiger partial charge in [0.2, 0.25) is 0 Å². The molecule has 0 fully saturated rings. The first-order valence-corrected chi connectivity index (χ1v) is 7.58. The molecule has 0 aromatic heterocycles. The SMILES string of the molecule is CCc1cc(Cc2cc(C)c(C)c(C)c2)cc(C)c1C. The number of rotatable bonds is 3. The molecule has 0 amide bonds. The summed E-state index contributed by atoms with van der Waals surface area (Å²) in [4.78, 5) is 0. The highest BCUT2D eigenvalue weighted by molar-refractivity contribution is 5.42. The van der Waals surface area contributed by atoms with Crippen LogP contribution in [0, 0.1) is 34.6 Å². The molecule has 0 heterocycles. The summed E-state index contributed by atoms with van der Waals surface area (Å²) in [6.07, 6.45) is 2.16. The highest BCUT2D eigenvalue weighted by Gasteiger charge is 2.06. The van der Waals surface area contributed by atoms with E-state index in [1.807, 2.05) is 0 Å². The first-order chi connectivity index (χ1) is 9.42. The second kappa shape index (κ2) is 5.83. The lowest BCUT2D eigenvalue weighted by Crippen LogP contribution is -1.98. The average Bonchev–Trinajstić information content (AvgIpc) is 2.39. The van der Waals surface area contributed by atoms with E-state index in [9.17, 15) is 0 Å². The Morgan fingerprint density at radius 1 is 0.650 bits per heavy atom. The molecule has 0 radical (unpaired) electrons. The van der Waals surface area contributed by atoms with E-state index in [0.29, 0.717) is 0 Å². The van der Waals surface area contributed by atoms with Crippen LogP contribution in [0.25, 0.3) is 0 Å². The van der Waals surface area contributed by atoms with Crippen molar-refractivity contribution < 1.29 is 0 Å². The Balaban J connectivity index is 2.37. The molecule has 2 aromatic carbocycles. The van der Waals surface area contributed by atoms with E-state index in [0.717, 1.165) is 12.8 Å². The molecule has 0 aliphatic carbocycles. The van der Waals surface area contributed by atoms with Crippen LogP contribution in [0.5, 0.6) is 0 Å². The Morgan fingerprint density at radius 2 is 1.10 bits per heavy atom. The van der Waals surface area contributed by atoms with Gasteiger partial charge in [0.1, 0.15) is 0 Å². The van der Waals surface area contributed by atoms with E-state index in [1.165, 1.54) is 44.5 Å². The fourth-order valence-electron chi connectivity index (χ4n) is 2.95. The van der Waals surface area contributed by atoms with Gasteiger partial charge in [-0.05, 0) is 92.0 Å². The summed E-state index contributed by atoms with van der Waals surface area (Å²) in [5.41, 5.74) is 11.4. The van der Waals surface area contributed by atoms with Crippen LogP contribution >= 0.6 is 0 Å². The number of aryl methyl sites for hydroxylation is 4. The molecule has 0 aliphatic rings. The zero-order valence-electron chi connectivity index (χ0n) is 13.7. The predicted octanol–water partition coefficient (Wildman–Crippen LogP) is 5.38. The first kappa shape index (κ1) is 14.8. The van der Waals surface area contributed by atoms with Gasteiger partial charge < -0.3 is 0 Å². The number of benzene rings is 2. The summed E-state index contributed by atoms with van der Waals surface area (Å²) < 4.78 is 0. The van der Waals surface area contributed by atoms with Gasteiger partial charge in [0.05, 0.1) is 0 Å². The molecule has 0 spiro atoms. The van der Waals surface area contributed by atoms with Crippen LogP contribution < -0.4 is 0 Å². The second-order valence-corrected chi connectivity index (χ2v) is 6.08. The van der Waals surface area contributed by atoms with Gasteiger partial charge >= 0.3 is 0 Å². The second-order valence-electron chi connectivity index (χ2n) is 6.08. The maximum absolute atomic E-state index is 2.38. The van der Waals surface area contributed by atoms with Crippen molar-refractivity contribution in [3.8, 4) is 0 Å². The third-order valence-electron chi connectivity index (χ3n) is 4.61. The van der Waals surface area contributed by atoms with Crippen LogP contribution in [0.3, 0.4) is 0 Å². The smallest absolute Gasteiger partial charge is 0.00254 e. The summed E-state index contributed by atoms with van der Waals surface area (Å²) in [5.74, 6) is 0. The standard InChI is InChI=1S/C20H26/c1-7-20-12-19(10-15(4)17(20)6)11-18-8-13(2)16(5)14(3)9-18/h8-10,12H,7,11H2,1-6H3. The van der Waals surface area contributed by atoms with E-state index >= 15 is 0 Å². The lowest BCUT2D eigenvalue weighted by Gasteiger charge is -2.13. The van der Waals surface area contributed by atoms with E-state index in [4.69, 9.17) is 0 Å². The van der Waals surface area contributed by atoms with E-state index in [2.05, 4.69) is 65.8 Å². The maximum atomic E-state index is 2.38. The van der Waals surface area contributed by atoms with Crippen LogP contribution in [0.15, 0.2) is 24.3 Å². The Kier molecular flexibility index (Phi) is 4.32. The van der Waals surface area contributed by atoms with Crippen LogP contribution in [0.2, 0.25) is 0 Å². The molecule has 0 heteroatoms. The summed E-state index contributed by atoms with van der Waals surface area (Å²) in [7, 11) is 0. The minimum Gasteiger partial charge on any atom is -0.0613 e. The van der Waals surface area contributed by atoms with Crippen molar-refractivity contribution in [2.45, 2.75) is 54.4 Å². The molecule has 2 aromatic rings. The van der Waals surface area contributed by atoms with Crippen molar-refractivity contribution in [3.05, 3.63) is 68.8 Å². The van der Waals surface area contributed by atoms with Crippen molar-refractivity contribution in [1.29, 1.82) is 0 Å². The monoisotopic (exact) mass is 266 g/mol. The lowest BCUT2D eigenvalue weighted by molar-refractivity contribution is 1.06. The number of hydrogen-bond acceptors (Lipinski definition) is 0. The van der Waals surface area contributed by atoms with Gasteiger partial charge in [-0.15, -0.1) is 0 Å². The molecule has 0 bridgehead atoms. The molecular formula is C20H26. The lowest BCUT2D eigenvalue weighted by atomic mass is 9.93. The van der Waals surface area contributed by atoms with Gasteiger partial charge in [-0.2, -0.15) is 0 Å². The van der Waals surface area contributed by atoms with Crippen molar-refractivity contribution in [1.82, 2.24) is 0 Å². The predicted molar refractivity (Wildman–Crippen MR) is 88.8 cm³/mol. The molecule has 2 rings (SSSR count). The topological polar surface area (TPSA) is 0 Å².